The third-order valence-corrected chi connectivity index (χ3v) is 3.41. The summed E-state index contributed by atoms with van der Waals surface area (Å²) in [5.74, 6) is 0.111. The molecule has 0 spiro atoms. The van der Waals surface area contributed by atoms with Gasteiger partial charge >= 0.3 is 0 Å². The van der Waals surface area contributed by atoms with E-state index in [0.717, 1.165) is 11.1 Å². The maximum atomic E-state index is 12.1. The second kappa shape index (κ2) is 6.64. The van der Waals surface area contributed by atoms with Crippen LogP contribution in [0.4, 0.5) is 0 Å². The SMILES string of the molecule is CC(C)(C)c1ccc(C(=O)CNCc2cccnc2)cc1. The van der Waals surface area contributed by atoms with E-state index >= 15 is 0 Å². The fraction of sp³-hybridized carbons (Fsp3) is 0.333. The quantitative estimate of drug-likeness (QED) is 0.855. The van der Waals surface area contributed by atoms with Gasteiger partial charge in [0.2, 0.25) is 0 Å². The first kappa shape index (κ1) is 15.4. The van der Waals surface area contributed by atoms with Gasteiger partial charge in [0, 0.05) is 24.5 Å². The maximum absolute atomic E-state index is 12.1. The van der Waals surface area contributed by atoms with Crippen molar-refractivity contribution in [1.82, 2.24) is 10.3 Å². The van der Waals surface area contributed by atoms with Crippen LogP contribution in [0.15, 0.2) is 48.8 Å². The van der Waals surface area contributed by atoms with Crippen LogP contribution in [0.5, 0.6) is 0 Å². The lowest BCUT2D eigenvalue weighted by atomic mass is 9.86. The number of nitrogens with one attached hydrogen (secondary N) is 1. The Bertz CT molecular complexity index is 583. The molecule has 110 valence electrons. The van der Waals surface area contributed by atoms with Gasteiger partial charge in [-0.25, -0.2) is 0 Å². The molecule has 1 heterocycles. The smallest absolute Gasteiger partial charge is 0.176 e. The zero-order valence-electron chi connectivity index (χ0n) is 12.9. The first-order valence-corrected chi connectivity index (χ1v) is 7.20. The monoisotopic (exact) mass is 282 g/mol. The molecule has 0 aliphatic carbocycles. The molecular weight excluding hydrogens is 260 g/mol. The molecule has 0 unspecified atom stereocenters. The minimum Gasteiger partial charge on any atom is -0.306 e. The maximum Gasteiger partial charge on any atom is 0.176 e. The molecule has 0 atom stereocenters. The van der Waals surface area contributed by atoms with E-state index in [2.05, 4.69) is 31.1 Å². The van der Waals surface area contributed by atoms with Gasteiger partial charge in [-0.2, -0.15) is 0 Å². The van der Waals surface area contributed by atoms with Gasteiger partial charge in [-0.1, -0.05) is 51.1 Å². The molecule has 3 heteroatoms. The number of carbonyl (C=O) groups excluding carboxylic acids is 1. The molecule has 21 heavy (non-hydrogen) atoms. The van der Waals surface area contributed by atoms with Crippen LogP contribution in [0.2, 0.25) is 0 Å². The average molecular weight is 282 g/mol. The molecule has 0 radical (unpaired) electrons. The Morgan fingerprint density at radius 2 is 1.86 bits per heavy atom. The number of hydrogen-bond acceptors (Lipinski definition) is 3. The van der Waals surface area contributed by atoms with Crippen molar-refractivity contribution in [1.29, 1.82) is 0 Å². The zero-order valence-corrected chi connectivity index (χ0v) is 12.9. The molecule has 1 N–H and O–H groups in total. The minimum absolute atomic E-state index is 0.111. The van der Waals surface area contributed by atoms with Crippen LogP contribution in [0, 0.1) is 0 Å². The standard InChI is InChI=1S/C18H22N2O/c1-18(2,3)16-8-6-15(7-9-16)17(21)13-20-12-14-5-4-10-19-11-14/h4-11,20H,12-13H2,1-3H3. The lowest BCUT2D eigenvalue weighted by molar-refractivity contribution is 0.0990. The molecule has 0 saturated heterocycles. The van der Waals surface area contributed by atoms with E-state index in [0.29, 0.717) is 13.1 Å². The van der Waals surface area contributed by atoms with Crippen LogP contribution in [-0.4, -0.2) is 17.3 Å². The third kappa shape index (κ3) is 4.50. The Hall–Kier alpha value is -2.00. The van der Waals surface area contributed by atoms with Crippen molar-refractivity contribution < 1.29 is 4.79 Å². The van der Waals surface area contributed by atoms with Crippen molar-refractivity contribution in [3.63, 3.8) is 0 Å². The van der Waals surface area contributed by atoms with Gasteiger partial charge in [-0.15, -0.1) is 0 Å². The lowest BCUT2D eigenvalue weighted by Gasteiger charge is -2.19. The first-order chi connectivity index (χ1) is 9.97. The number of hydrogen-bond donors (Lipinski definition) is 1. The highest BCUT2D eigenvalue weighted by molar-refractivity contribution is 5.97. The Kier molecular flexibility index (Phi) is 4.86. The Morgan fingerprint density at radius 3 is 2.43 bits per heavy atom. The van der Waals surface area contributed by atoms with Crippen LogP contribution in [0.1, 0.15) is 42.3 Å². The topological polar surface area (TPSA) is 42.0 Å². The Morgan fingerprint density at radius 1 is 1.14 bits per heavy atom. The molecule has 1 aromatic carbocycles. The van der Waals surface area contributed by atoms with Crippen molar-refractivity contribution in [2.24, 2.45) is 0 Å². The van der Waals surface area contributed by atoms with Gasteiger partial charge in [0.05, 0.1) is 6.54 Å². The summed E-state index contributed by atoms with van der Waals surface area (Å²) in [4.78, 5) is 16.2. The van der Waals surface area contributed by atoms with Gasteiger partial charge in [0.1, 0.15) is 0 Å². The molecule has 3 nitrogen and oxygen atoms in total. The lowest BCUT2D eigenvalue weighted by Crippen LogP contribution is -2.22. The number of benzene rings is 1. The summed E-state index contributed by atoms with van der Waals surface area (Å²) in [6.45, 7) is 7.49. The van der Waals surface area contributed by atoms with Crippen molar-refractivity contribution in [2.75, 3.05) is 6.54 Å². The number of ketones is 1. The highest BCUT2D eigenvalue weighted by Crippen LogP contribution is 2.22. The highest BCUT2D eigenvalue weighted by Gasteiger charge is 2.14. The van der Waals surface area contributed by atoms with Gasteiger partial charge in [-0.05, 0) is 22.6 Å². The van der Waals surface area contributed by atoms with Crippen LogP contribution in [0.25, 0.3) is 0 Å². The highest BCUT2D eigenvalue weighted by atomic mass is 16.1. The first-order valence-electron chi connectivity index (χ1n) is 7.20. The minimum atomic E-state index is 0.111. The summed E-state index contributed by atoms with van der Waals surface area (Å²) in [5.41, 5.74) is 3.18. The van der Waals surface area contributed by atoms with E-state index in [1.54, 1.807) is 12.4 Å². The zero-order chi connectivity index (χ0) is 15.3. The summed E-state index contributed by atoms with van der Waals surface area (Å²) in [6, 6.07) is 11.8. The predicted molar refractivity (Wildman–Crippen MR) is 85.4 cm³/mol. The predicted octanol–water partition coefficient (Wildman–Crippen LogP) is 3.35. The van der Waals surface area contributed by atoms with Crippen molar-refractivity contribution in [2.45, 2.75) is 32.7 Å². The fourth-order valence-corrected chi connectivity index (χ4v) is 2.08. The van der Waals surface area contributed by atoms with Crippen LogP contribution >= 0.6 is 0 Å². The number of aromatic nitrogens is 1. The molecule has 0 bridgehead atoms. The average Bonchev–Trinajstić information content (AvgIpc) is 2.47. The summed E-state index contributed by atoms with van der Waals surface area (Å²) in [7, 11) is 0. The normalized spacial score (nSPS) is 11.4. The Labute approximate surface area is 126 Å². The number of Topliss-reactive ketones (excluding diaryl/α,β-unsaturated/α-hetero) is 1. The largest absolute Gasteiger partial charge is 0.306 e. The summed E-state index contributed by atoms with van der Waals surface area (Å²) < 4.78 is 0. The summed E-state index contributed by atoms with van der Waals surface area (Å²) in [6.07, 6.45) is 3.54. The number of nitrogens with zero attached hydrogens (tertiary/aromatic N) is 1. The molecule has 0 aliphatic rings. The van der Waals surface area contributed by atoms with E-state index in [1.807, 2.05) is 36.4 Å². The molecule has 2 aromatic rings. The van der Waals surface area contributed by atoms with Crippen LogP contribution in [-0.2, 0) is 12.0 Å². The summed E-state index contributed by atoms with van der Waals surface area (Å²) >= 11 is 0. The van der Waals surface area contributed by atoms with Gasteiger partial charge in [0.15, 0.2) is 5.78 Å². The van der Waals surface area contributed by atoms with Gasteiger partial charge in [0.25, 0.3) is 0 Å². The van der Waals surface area contributed by atoms with E-state index < -0.39 is 0 Å². The van der Waals surface area contributed by atoms with E-state index in [-0.39, 0.29) is 11.2 Å². The Balaban J connectivity index is 1.89. The number of pyridine rings is 1. The van der Waals surface area contributed by atoms with Crippen molar-refractivity contribution >= 4 is 5.78 Å². The third-order valence-electron chi connectivity index (χ3n) is 3.41. The molecule has 2 rings (SSSR count). The molecule has 0 saturated carbocycles. The van der Waals surface area contributed by atoms with E-state index in [1.165, 1.54) is 5.56 Å². The molecule has 0 amide bonds. The molecular formula is C18H22N2O. The van der Waals surface area contributed by atoms with E-state index in [9.17, 15) is 4.79 Å². The number of carbonyl (C=O) groups is 1. The number of rotatable bonds is 5. The molecule has 1 aromatic heterocycles. The molecule has 0 aliphatic heterocycles. The second-order valence-electron chi connectivity index (χ2n) is 6.22. The second-order valence-corrected chi connectivity index (χ2v) is 6.22. The van der Waals surface area contributed by atoms with Crippen molar-refractivity contribution in [3.8, 4) is 0 Å². The fourth-order valence-electron chi connectivity index (χ4n) is 2.08. The van der Waals surface area contributed by atoms with Crippen LogP contribution < -0.4 is 5.32 Å². The molecule has 0 fully saturated rings. The van der Waals surface area contributed by atoms with Crippen molar-refractivity contribution in [3.05, 3.63) is 65.5 Å². The van der Waals surface area contributed by atoms with E-state index in [4.69, 9.17) is 0 Å². The van der Waals surface area contributed by atoms with Gasteiger partial charge < -0.3 is 5.32 Å². The van der Waals surface area contributed by atoms with Crippen LogP contribution in [0.3, 0.4) is 0 Å². The summed E-state index contributed by atoms with van der Waals surface area (Å²) in [5, 5.41) is 3.16. The van der Waals surface area contributed by atoms with Gasteiger partial charge in [-0.3, -0.25) is 9.78 Å².